The third-order valence-electron chi connectivity index (χ3n) is 4.01. The minimum Gasteiger partial charge on any atom is -0.490 e. The number of carbonyl (C=O) groups excluding carboxylic acids is 2. The van der Waals surface area contributed by atoms with Crippen LogP contribution in [0, 0.1) is 0 Å². The lowest BCUT2D eigenvalue weighted by molar-refractivity contribution is -0.122. The van der Waals surface area contributed by atoms with E-state index in [9.17, 15) is 9.59 Å². The summed E-state index contributed by atoms with van der Waals surface area (Å²) in [6.07, 6.45) is 4.74. The average molecular weight is 406 g/mol. The number of allylic oxidation sites excluding steroid dienone is 1. The van der Waals surface area contributed by atoms with E-state index in [-0.39, 0.29) is 11.1 Å². The average Bonchev–Trinajstić information content (AvgIpc) is 2.92. The first-order valence-electron chi connectivity index (χ1n) is 9.33. The summed E-state index contributed by atoms with van der Waals surface area (Å²) in [4.78, 5) is 26.5. The van der Waals surface area contributed by atoms with Crippen LogP contribution in [-0.2, 0) is 16.0 Å². The van der Waals surface area contributed by atoms with Gasteiger partial charge in [-0.1, -0.05) is 6.08 Å². The summed E-state index contributed by atoms with van der Waals surface area (Å²) >= 11 is 0.953. The van der Waals surface area contributed by atoms with E-state index >= 15 is 0 Å². The van der Waals surface area contributed by atoms with Gasteiger partial charge < -0.3 is 14.2 Å². The summed E-state index contributed by atoms with van der Waals surface area (Å²) in [5.74, 6) is 1.03. The number of benzene rings is 1. The van der Waals surface area contributed by atoms with E-state index in [0.717, 1.165) is 22.9 Å². The Morgan fingerprint density at radius 2 is 1.93 bits per heavy atom. The van der Waals surface area contributed by atoms with Gasteiger partial charge >= 0.3 is 0 Å². The highest BCUT2D eigenvalue weighted by Gasteiger charge is 2.34. The number of methoxy groups -OCH3 is 1. The fraction of sp³-hybridized carbons (Fsp3) is 0.429. The molecular weight excluding hydrogens is 378 g/mol. The number of rotatable bonds is 11. The Bertz CT molecular complexity index is 759. The van der Waals surface area contributed by atoms with Gasteiger partial charge in [-0.25, -0.2) is 0 Å². The molecule has 1 saturated heterocycles. The van der Waals surface area contributed by atoms with Crippen LogP contribution >= 0.6 is 11.8 Å². The van der Waals surface area contributed by atoms with Crippen molar-refractivity contribution in [1.29, 1.82) is 0 Å². The summed E-state index contributed by atoms with van der Waals surface area (Å²) in [7, 11) is 1.59. The van der Waals surface area contributed by atoms with Crippen molar-refractivity contribution < 1.29 is 23.8 Å². The predicted octanol–water partition coefficient (Wildman–Crippen LogP) is 4.29. The molecule has 1 heterocycles. The molecular formula is C21H27NO5S. The Morgan fingerprint density at radius 3 is 2.57 bits per heavy atom. The second-order valence-corrected chi connectivity index (χ2v) is 7.04. The Hall–Kier alpha value is -2.25. The molecule has 0 aliphatic carbocycles. The maximum absolute atomic E-state index is 12.6. The minimum absolute atomic E-state index is 0.255. The highest BCUT2D eigenvalue weighted by molar-refractivity contribution is 8.18. The van der Waals surface area contributed by atoms with Crippen molar-refractivity contribution in [2.24, 2.45) is 0 Å². The van der Waals surface area contributed by atoms with Gasteiger partial charge in [0, 0.05) is 25.8 Å². The molecule has 1 aromatic carbocycles. The van der Waals surface area contributed by atoms with Crippen molar-refractivity contribution in [2.75, 3.05) is 33.5 Å². The van der Waals surface area contributed by atoms with Crippen LogP contribution in [0.4, 0.5) is 4.79 Å². The first-order chi connectivity index (χ1) is 13.5. The molecule has 0 bridgehead atoms. The maximum Gasteiger partial charge on any atom is 0.293 e. The Kier molecular flexibility index (Phi) is 8.60. The second kappa shape index (κ2) is 10.9. The third-order valence-corrected chi connectivity index (χ3v) is 4.92. The Labute approximate surface area is 170 Å². The number of amides is 2. The topological polar surface area (TPSA) is 65.1 Å². The normalized spacial score (nSPS) is 15.4. The van der Waals surface area contributed by atoms with E-state index in [2.05, 4.69) is 6.58 Å². The molecule has 0 saturated carbocycles. The first kappa shape index (κ1) is 22.0. The second-order valence-electron chi connectivity index (χ2n) is 6.05. The largest absolute Gasteiger partial charge is 0.490 e. The van der Waals surface area contributed by atoms with Crippen LogP contribution in [0.25, 0.3) is 6.08 Å². The van der Waals surface area contributed by atoms with Crippen molar-refractivity contribution in [3.05, 3.63) is 40.8 Å². The molecule has 0 atom stereocenters. The van der Waals surface area contributed by atoms with Gasteiger partial charge in [0.2, 0.25) is 0 Å². The van der Waals surface area contributed by atoms with E-state index in [1.807, 2.05) is 26.0 Å². The van der Waals surface area contributed by atoms with Crippen molar-refractivity contribution >= 4 is 29.0 Å². The van der Waals surface area contributed by atoms with E-state index in [1.165, 1.54) is 4.90 Å². The molecule has 28 heavy (non-hydrogen) atoms. The maximum atomic E-state index is 12.6. The predicted molar refractivity (Wildman–Crippen MR) is 112 cm³/mol. The summed E-state index contributed by atoms with van der Waals surface area (Å²) in [5, 5.41) is -0.255. The van der Waals surface area contributed by atoms with Gasteiger partial charge in [0.25, 0.3) is 11.1 Å². The van der Waals surface area contributed by atoms with Crippen LogP contribution < -0.4 is 9.47 Å². The third kappa shape index (κ3) is 5.39. The van der Waals surface area contributed by atoms with Gasteiger partial charge in [-0.3, -0.25) is 14.5 Å². The quantitative estimate of drug-likeness (QED) is 0.311. The molecule has 1 aliphatic heterocycles. The van der Waals surface area contributed by atoms with E-state index in [1.54, 1.807) is 19.3 Å². The van der Waals surface area contributed by atoms with E-state index in [0.29, 0.717) is 55.6 Å². The van der Waals surface area contributed by atoms with Crippen LogP contribution in [0.3, 0.4) is 0 Å². The number of thioether (sulfide) groups is 1. The molecule has 0 N–H and O–H groups in total. The van der Waals surface area contributed by atoms with Gasteiger partial charge in [-0.2, -0.15) is 0 Å². The Balaban J connectivity index is 2.34. The summed E-state index contributed by atoms with van der Waals surface area (Å²) in [5.41, 5.74) is 1.71. The molecule has 0 radical (unpaired) electrons. The monoisotopic (exact) mass is 405 g/mol. The number of hydrogen-bond donors (Lipinski definition) is 0. The molecule has 1 aliphatic rings. The molecule has 6 nitrogen and oxygen atoms in total. The number of imide groups is 1. The van der Waals surface area contributed by atoms with Crippen molar-refractivity contribution in [2.45, 2.75) is 26.7 Å². The van der Waals surface area contributed by atoms with E-state index < -0.39 is 0 Å². The smallest absolute Gasteiger partial charge is 0.293 e. The lowest BCUT2D eigenvalue weighted by atomic mass is 10.0. The highest BCUT2D eigenvalue weighted by Crippen LogP contribution is 2.37. The molecule has 0 aromatic heterocycles. The lowest BCUT2D eigenvalue weighted by Crippen LogP contribution is -2.29. The van der Waals surface area contributed by atoms with Crippen molar-refractivity contribution in [3.63, 3.8) is 0 Å². The molecule has 7 heteroatoms. The molecule has 152 valence electrons. The molecule has 0 spiro atoms. The van der Waals surface area contributed by atoms with Crippen LogP contribution in [0.1, 0.15) is 31.4 Å². The minimum atomic E-state index is -0.275. The van der Waals surface area contributed by atoms with Gasteiger partial charge in [-0.05, 0) is 62.2 Å². The Morgan fingerprint density at radius 1 is 1.18 bits per heavy atom. The summed E-state index contributed by atoms with van der Waals surface area (Å²) in [6, 6.07) is 3.77. The standard InChI is InChI=1S/C21H27NO5S/c1-5-9-16-12-15(13-17(26-6-2)19(16)27-7-3)14-18-20(23)22(21(24)28-18)10-8-11-25-4/h5,12-14H,1,6-11H2,2-4H3/b18-14+. The number of ether oxygens (including phenoxy) is 3. The zero-order valence-corrected chi connectivity index (χ0v) is 17.5. The van der Waals surface area contributed by atoms with Gasteiger partial charge in [0.1, 0.15) is 0 Å². The van der Waals surface area contributed by atoms with Gasteiger partial charge in [-0.15, -0.1) is 6.58 Å². The van der Waals surface area contributed by atoms with Crippen LogP contribution in [0.2, 0.25) is 0 Å². The highest BCUT2D eigenvalue weighted by atomic mass is 32.2. The number of nitrogens with zero attached hydrogens (tertiary/aromatic N) is 1. The molecule has 2 amide bonds. The molecule has 0 unspecified atom stereocenters. The van der Waals surface area contributed by atoms with Crippen LogP contribution in [-0.4, -0.2) is 49.5 Å². The van der Waals surface area contributed by atoms with Crippen molar-refractivity contribution in [1.82, 2.24) is 4.90 Å². The number of carbonyl (C=O) groups is 2. The fourth-order valence-electron chi connectivity index (χ4n) is 2.86. The SMILES string of the molecule is C=CCc1cc(/C=C2/SC(=O)N(CCCOC)C2=O)cc(OCC)c1OCC. The lowest BCUT2D eigenvalue weighted by Gasteiger charge is -2.16. The zero-order chi connectivity index (χ0) is 20.5. The van der Waals surface area contributed by atoms with Gasteiger partial charge in [0.05, 0.1) is 18.1 Å². The molecule has 1 fully saturated rings. The first-order valence-corrected chi connectivity index (χ1v) is 10.1. The van der Waals surface area contributed by atoms with E-state index in [4.69, 9.17) is 14.2 Å². The van der Waals surface area contributed by atoms with Crippen molar-refractivity contribution in [3.8, 4) is 11.5 Å². The summed E-state index contributed by atoms with van der Waals surface area (Å²) in [6.45, 7) is 9.49. The van der Waals surface area contributed by atoms with Crippen LogP contribution in [0.5, 0.6) is 11.5 Å². The fourth-order valence-corrected chi connectivity index (χ4v) is 3.72. The number of hydrogen-bond acceptors (Lipinski definition) is 6. The van der Waals surface area contributed by atoms with Gasteiger partial charge in [0.15, 0.2) is 11.5 Å². The zero-order valence-electron chi connectivity index (χ0n) is 16.7. The summed E-state index contributed by atoms with van der Waals surface area (Å²) < 4.78 is 16.5. The van der Waals surface area contributed by atoms with Crippen LogP contribution in [0.15, 0.2) is 29.7 Å². The molecule has 2 rings (SSSR count). The molecule has 1 aromatic rings.